The Bertz CT molecular complexity index is 1150. The van der Waals surface area contributed by atoms with Gasteiger partial charge >= 0.3 is 5.97 Å². The van der Waals surface area contributed by atoms with Crippen LogP contribution >= 0.6 is 0 Å². The minimum atomic E-state index is -3.80. The molecule has 0 aromatic heterocycles. The molecular formula is C25H32N2O6S. The number of amides is 1. The Morgan fingerprint density at radius 2 is 1.91 bits per heavy atom. The number of carboxylic acid groups (broad SMARTS) is 1. The van der Waals surface area contributed by atoms with Crippen molar-refractivity contribution in [2.45, 2.75) is 56.0 Å². The monoisotopic (exact) mass is 488 g/mol. The third-order valence-electron chi connectivity index (χ3n) is 6.36. The first-order valence-corrected chi connectivity index (χ1v) is 13.1. The number of benzene rings is 2. The predicted molar refractivity (Wildman–Crippen MR) is 129 cm³/mol. The minimum absolute atomic E-state index is 0.0181. The highest BCUT2D eigenvalue weighted by Crippen LogP contribution is 2.40. The van der Waals surface area contributed by atoms with Gasteiger partial charge in [-0.15, -0.1) is 0 Å². The number of aliphatic carboxylic acids is 1. The molecule has 8 nitrogen and oxygen atoms in total. The van der Waals surface area contributed by atoms with Crippen LogP contribution in [0.15, 0.2) is 47.4 Å². The molecule has 2 aromatic carbocycles. The number of ether oxygens (including phenoxy) is 1. The third-order valence-corrected chi connectivity index (χ3v) is 8.31. The first-order chi connectivity index (χ1) is 16.2. The molecule has 0 radical (unpaired) electrons. The Labute approximate surface area is 200 Å². The zero-order valence-corrected chi connectivity index (χ0v) is 20.6. The van der Waals surface area contributed by atoms with Gasteiger partial charge in [-0.05, 0) is 36.1 Å². The van der Waals surface area contributed by atoms with Crippen LogP contribution in [-0.4, -0.2) is 50.3 Å². The molecule has 184 valence electrons. The SMILES string of the molecule is CCCC[C@]1(CC)CS(=O)(=O)c2cc(C(=O)NCC(=O)O)c(OC)cc2[C@H](c2ccccc2)N1. The zero-order valence-electron chi connectivity index (χ0n) is 19.8. The highest BCUT2D eigenvalue weighted by atomic mass is 32.2. The van der Waals surface area contributed by atoms with Crippen molar-refractivity contribution in [1.82, 2.24) is 10.6 Å². The summed E-state index contributed by atoms with van der Waals surface area (Å²) in [6.45, 7) is 3.47. The van der Waals surface area contributed by atoms with Gasteiger partial charge in [0.25, 0.3) is 5.91 Å². The molecule has 0 spiro atoms. The lowest BCUT2D eigenvalue weighted by atomic mass is 9.88. The van der Waals surface area contributed by atoms with Crippen molar-refractivity contribution in [2.24, 2.45) is 0 Å². The highest BCUT2D eigenvalue weighted by molar-refractivity contribution is 7.91. The van der Waals surface area contributed by atoms with E-state index in [0.29, 0.717) is 18.4 Å². The van der Waals surface area contributed by atoms with Gasteiger partial charge in [0.15, 0.2) is 9.84 Å². The molecule has 1 amide bonds. The maximum absolute atomic E-state index is 13.7. The molecule has 1 aliphatic heterocycles. The quantitative estimate of drug-likeness (QED) is 0.495. The molecule has 1 heterocycles. The number of hydrogen-bond donors (Lipinski definition) is 3. The van der Waals surface area contributed by atoms with E-state index in [4.69, 9.17) is 9.84 Å². The largest absolute Gasteiger partial charge is 0.496 e. The van der Waals surface area contributed by atoms with Crippen LogP contribution in [0.2, 0.25) is 0 Å². The fourth-order valence-corrected chi connectivity index (χ4v) is 6.63. The molecule has 0 bridgehead atoms. The van der Waals surface area contributed by atoms with Gasteiger partial charge in [0.1, 0.15) is 12.3 Å². The number of sulfone groups is 1. The van der Waals surface area contributed by atoms with E-state index < -0.39 is 39.8 Å². The van der Waals surface area contributed by atoms with Crippen LogP contribution in [-0.2, 0) is 14.6 Å². The van der Waals surface area contributed by atoms with E-state index in [1.807, 2.05) is 37.3 Å². The number of hydrogen-bond acceptors (Lipinski definition) is 6. The number of methoxy groups -OCH3 is 1. The predicted octanol–water partition coefficient (Wildman–Crippen LogP) is 3.31. The Morgan fingerprint density at radius 1 is 1.21 bits per heavy atom. The topological polar surface area (TPSA) is 122 Å². The summed E-state index contributed by atoms with van der Waals surface area (Å²) in [5.74, 6) is -1.84. The molecule has 0 aliphatic carbocycles. The summed E-state index contributed by atoms with van der Waals surface area (Å²) in [7, 11) is -2.40. The summed E-state index contributed by atoms with van der Waals surface area (Å²) in [5, 5.41) is 14.9. The Kier molecular flexibility index (Phi) is 7.99. The van der Waals surface area contributed by atoms with Crippen molar-refractivity contribution >= 4 is 21.7 Å². The summed E-state index contributed by atoms with van der Waals surface area (Å²) in [6.07, 6.45) is 3.13. The fraction of sp³-hybridized carbons (Fsp3) is 0.440. The normalized spacial score (nSPS) is 21.2. The Hall–Kier alpha value is -2.91. The van der Waals surface area contributed by atoms with Gasteiger partial charge in [0.05, 0.1) is 29.4 Å². The molecule has 0 saturated carbocycles. The number of carbonyl (C=O) groups is 2. The maximum Gasteiger partial charge on any atom is 0.322 e. The average molecular weight is 489 g/mol. The molecule has 34 heavy (non-hydrogen) atoms. The van der Waals surface area contributed by atoms with Crippen LogP contribution < -0.4 is 15.4 Å². The Balaban J connectivity index is 2.24. The van der Waals surface area contributed by atoms with Crippen molar-refractivity contribution in [3.63, 3.8) is 0 Å². The van der Waals surface area contributed by atoms with Crippen molar-refractivity contribution in [3.8, 4) is 5.75 Å². The standard InChI is InChI=1S/C25H32N2O6S/c1-4-6-12-25(5-2)16-34(31,32)21-14-18(24(30)26-15-22(28)29)20(33-3)13-19(21)23(27-25)17-10-8-7-9-11-17/h7-11,13-14,23,27H,4-6,12,15-16H2,1-3H3,(H,26,30)(H,28,29)/t23-,25+/m0/s1. The lowest BCUT2D eigenvalue weighted by Crippen LogP contribution is -2.50. The number of unbranched alkanes of at least 4 members (excludes halogenated alkanes) is 1. The number of rotatable bonds is 9. The highest BCUT2D eigenvalue weighted by Gasteiger charge is 2.42. The molecule has 0 unspecified atom stereocenters. The molecule has 2 atom stereocenters. The molecular weight excluding hydrogens is 456 g/mol. The summed E-state index contributed by atoms with van der Waals surface area (Å²) < 4.78 is 32.9. The number of carbonyl (C=O) groups excluding carboxylic acids is 1. The third kappa shape index (κ3) is 5.42. The van der Waals surface area contributed by atoms with Gasteiger partial charge < -0.3 is 15.2 Å². The van der Waals surface area contributed by atoms with Gasteiger partial charge in [-0.25, -0.2) is 8.42 Å². The van der Waals surface area contributed by atoms with Crippen LogP contribution in [0, 0.1) is 0 Å². The van der Waals surface area contributed by atoms with E-state index in [9.17, 15) is 18.0 Å². The fourth-order valence-electron chi connectivity index (χ4n) is 4.48. The van der Waals surface area contributed by atoms with Crippen molar-refractivity contribution < 1.29 is 27.9 Å². The van der Waals surface area contributed by atoms with E-state index in [1.165, 1.54) is 13.2 Å². The second kappa shape index (κ2) is 10.6. The van der Waals surface area contributed by atoms with E-state index in [-0.39, 0.29) is 22.0 Å². The minimum Gasteiger partial charge on any atom is -0.496 e. The lowest BCUT2D eigenvalue weighted by Gasteiger charge is -2.36. The number of carboxylic acids is 1. The first-order valence-electron chi connectivity index (χ1n) is 11.4. The van der Waals surface area contributed by atoms with Crippen LogP contribution in [0.1, 0.15) is 67.1 Å². The number of fused-ring (bicyclic) bond motifs is 1. The maximum atomic E-state index is 13.7. The van der Waals surface area contributed by atoms with E-state index in [0.717, 1.165) is 18.4 Å². The average Bonchev–Trinajstić information content (AvgIpc) is 2.93. The van der Waals surface area contributed by atoms with Gasteiger partial charge in [0, 0.05) is 5.54 Å². The van der Waals surface area contributed by atoms with Gasteiger partial charge in [0.2, 0.25) is 0 Å². The molecule has 0 saturated heterocycles. The van der Waals surface area contributed by atoms with Crippen LogP contribution in [0.25, 0.3) is 0 Å². The summed E-state index contributed by atoms with van der Waals surface area (Å²) in [6, 6.07) is 12.1. The van der Waals surface area contributed by atoms with E-state index in [1.54, 1.807) is 6.07 Å². The number of nitrogens with one attached hydrogen (secondary N) is 2. The lowest BCUT2D eigenvalue weighted by molar-refractivity contribution is -0.135. The molecule has 3 rings (SSSR count). The van der Waals surface area contributed by atoms with Crippen molar-refractivity contribution in [1.29, 1.82) is 0 Å². The van der Waals surface area contributed by atoms with Gasteiger partial charge in [-0.3, -0.25) is 14.9 Å². The summed E-state index contributed by atoms with van der Waals surface area (Å²) in [4.78, 5) is 23.7. The first kappa shape index (κ1) is 25.7. The van der Waals surface area contributed by atoms with Crippen molar-refractivity contribution in [3.05, 3.63) is 59.2 Å². The van der Waals surface area contributed by atoms with Crippen LogP contribution in [0.5, 0.6) is 5.75 Å². The van der Waals surface area contributed by atoms with Crippen molar-refractivity contribution in [2.75, 3.05) is 19.4 Å². The smallest absolute Gasteiger partial charge is 0.322 e. The zero-order chi connectivity index (χ0) is 24.9. The molecule has 3 N–H and O–H groups in total. The van der Waals surface area contributed by atoms with E-state index >= 15 is 0 Å². The van der Waals surface area contributed by atoms with Crippen LogP contribution in [0.3, 0.4) is 0 Å². The molecule has 0 fully saturated rings. The summed E-state index contributed by atoms with van der Waals surface area (Å²) >= 11 is 0. The van der Waals surface area contributed by atoms with E-state index in [2.05, 4.69) is 17.6 Å². The molecule has 2 aromatic rings. The summed E-state index contributed by atoms with van der Waals surface area (Å²) in [5.41, 5.74) is 0.744. The van der Waals surface area contributed by atoms with Gasteiger partial charge in [-0.1, -0.05) is 57.0 Å². The second-order valence-corrected chi connectivity index (χ2v) is 10.6. The molecule has 9 heteroatoms. The second-order valence-electron chi connectivity index (χ2n) is 8.65. The molecule has 1 aliphatic rings. The Morgan fingerprint density at radius 3 is 2.50 bits per heavy atom. The van der Waals surface area contributed by atoms with Crippen LogP contribution in [0.4, 0.5) is 0 Å². The van der Waals surface area contributed by atoms with Gasteiger partial charge in [-0.2, -0.15) is 0 Å².